The van der Waals surface area contributed by atoms with Crippen LogP contribution in [-0.2, 0) is 19.1 Å². The predicted molar refractivity (Wildman–Crippen MR) is 52.3 cm³/mol. The van der Waals surface area contributed by atoms with Gasteiger partial charge in [-0.3, -0.25) is 9.59 Å². The van der Waals surface area contributed by atoms with Gasteiger partial charge in [-0.1, -0.05) is 0 Å². The number of methoxy groups -OCH3 is 1. The lowest BCUT2D eigenvalue weighted by Crippen LogP contribution is -2.48. The molecular weight excluding hydrogens is 200 g/mol. The van der Waals surface area contributed by atoms with Crippen LogP contribution in [0.1, 0.15) is 6.42 Å². The minimum absolute atomic E-state index is 0.183. The Morgan fingerprint density at radius 2 is 2.40 bits per heavy atom. The van der Waals surface area contributed by atoms with Gasteiger partial charge >= 0.3 is 5.97 Å². The van der Waals surface area contributed by atoms with E-state index in [9.17, 15) is 9.59 Å². The molecule has 1 rings (SSSR count). The molecule has 0 aromatic heterocycles. The second-order valence-corrected chi connectivity index (χ2v) is 3.18. The lowest BCUT2D eigenvalue weighted by Gasteiger charge is -2.22. The van der Waals surface area contributed by atoms with Crippen molar-refractivity contribution in [1.82, 2.24) is 10.6 Å². The molecule has 1 unspecified atom stereocenters. The average molecular weight is 216 g/mol. The number of amides is 1. The molecule has 0 saturated carbocycles. The Hall–Kier alpha value is -1.14. The molecule has 0 aliphatic carbocycles. The van der Waals surface area contributed by atoms with Crippen LogP contribution in [0.25, 0.3) is 0 Å². The fourth-order valence-corrected chi connectivity index (χ4v) is 1.24. The normalized spacial score (nSPS) is 20.7. The van der Waals surface area contributed by atoms with E-state index in [-0.39, 0.29) is 24.8 Å². The smallest absolute Gasteiger partial charge is 0.307 e. The predicted octanol–water partition coefficient (Wildman–Crippen LogP) is -1.35. The number of morpholine rings is 1. The van der Waals surface area contributed by atoms with Gasteiger partial charge in [-0.15, -0.1) is 0 Å². The van der Waals surface area contributed by atoms with Crippen molar-refractivity contribution in [1.29, 1.82) is 0 Å². The lowest BCUT2D eigenvalue weighted by atomic mass is 10.3. The van der Waals surface area contributed by atoms with E-state index < -0.39 is 6.10 Å². The summed E-state index contributed by atoms with van der Waals surface area (Å²) in [5.41, 5.74) is 0. The van der Waals surface area contributed by atoms with E-state index in [1.807, 2.05) is 0 Å². The molecule has 0 aromatic carbocycles. The minimum atomic E-state index is -0.448. The molecule has 1 aliphatic rings. The van der Waals surface area contributed by atoms with Crippen LogP contribution < -0.4 is 10.6 Å². The second-order valence-electron chi connectivity index (χ2n) is 3.18. The minimum Gasteiger partial charge on any atom is -0.469 e. The Morgan fingerprint density at radius 1 is 1.60 bits per heavy atom. The van der Waals surface area contributed by atoms with Crippen molar-refractivity contribution >= 4 is 11.9 Å². The van der Waals surface area contributed by atoms with Gasteiger partial charge in [0.2, 0.25) is 5.91 Å². The van der Waals surface area contributed by atoms with Crippen LogP contribution in [0.4, 0.5) is 0 Å². The molecule has 86 valence electrons. The molecule has 0 spiro atoms. The van der Waals surface area contributed by atoms with Gasteiger partial charge in [-0.2, -0.15) is 0 Å². The Kier molecular flexibility index (Phi) is 5.06. The standard InChI is InChI=1S/C9H16N2O4/c1-14-8(12)2-3-11-9(13)7-6-10-4-5-15-7/h7,10H,2-6H2,1H3,(H,11,13). The van der Waals surface area contributed by atoms with Gasteiger partial charge in [-0.25, -0.2) is 0 Å². The molecule has 1 heterocycles. The zero-order valence-electron chi connectivity index (χ0n) is 8.75. The number of rotatable bonds is 4. The molecule has 1 atom stereocenters. The first-order valence-electron chi connectivity index (χ1n) is 4.91. The van der Waals surface area contributed by atoms with E-state index in [1.165, 1.54) is 7.11 Å². The van der Waals surface area contributed by atoms with Crippen molar-refractivity contribution in [2.24, 2.45) is 0 Å². The maximum absolute atomic E-state index is 11.4. The number of carbonyl (C=O) groups is 2. The fraction of sp³-hybridized carbons (Fsp3) is 0.778. The van der Waals surface area contributed by atoms with Gasteiger partial charge in [0.05, 0.1) is 20.1 Å². The third-order valence-electron chi connectivity index (χ3n) is 2.08. The van der Waals surface area contributed by atoms with Gasteiger partial charge in [0.1, 0.15) is 6.10 Å². The Labute approximate surface area is 88.3 Å². The zero-order chi connectivity index (χ0) is 11.1. The summed E-state index contributed by atoms with van der Waals surface area (Å²) in [6.07, 6.45) is -0.265. The van der Waals surface area contributed by atoms with Gasteiger partial charge in [0, 0.05) is 19.6 Å². The summed E-state index contributed by atoms with van der Waals surface area (Å²) >= 11 is 0. The SMILES string of the molecule is COC(=O)CCNC(=O)C1CNCCO1. The highest BCUT2D eigenvalue weighted by atomic mass is 16.5. The molecule has 6 heteroatoms. The first-order chi connectivity index (χ1) is 7.24. The van der Waals surface area contributed by atoms with Crippen LogP contribution in [0.5, 0.6) is 0 Å². The van der Waals surface area contributed by atoms with E-state index >= 15 is 0 Å². The molecule has 1 fully saturated rings. The first-order valence-corrected chi connectivity index (χ1v) is 4.91. The highest BCUT2D eigenvalue weighted by molar-refractivity contribution is 5.81. The van der Waals surface area contributed by atoms with Gasteiger partial charge in [-0.05, 0) is 0 Å². The maximum Gasteiger partial charge on any atom is 0.307 e. The molecule has 0 aromatic rings. The average Bonchev–Trinajstić information content (AvgIpc) is 2.29. The van der Waals surface area contributed by atoms with Crippen molar-refractivity contribution in [2.45, 2.75) is 12.5 Å². The van der Waals surface area contributed by atoms with Crippen molar-refractivity contribution in [3.8, 4) is 0 Å². The van der Waals surface area contributed by atoms with Crippen molar-refractivity contribution in [2.75, 3.05) is 33.4 Å². The highest BCUT2D eigenvalue weighted by Crippen LogP contribution is 1.95. The molecule has 6 nitrogen and oxygen atoms in total. The van der Waals surface area contributed by atoms with Crippen LogP contribution in [0.15, 0.2) is 0 Å². The molecule has 0 radical (unpaired) electrons. The Balaban J connectivity index is 2.14. The fourth-order valence-electron chi connectivity index (χ4n) is 1.24. The number of carbonyl (C=O) groups excluding carboxylic acids is 2. The molecule has 0 bridgehead atoms. The maximum atomic E-state index is 11.4. The van der Waals surface area contributed by atoms with E-state index in [1.54, 1.807) is 0 Å². The van der Waals surface area contributed by atoms with Crippen LogP contribution in [0.2, 0.25) is 0 Å². The summed E-state index contributed by atoms with van der Waals surface area (Å²) in [6, 6.07) is 0. The number of esters is 1. The van der Waals surface area contributed by atoms with E-state index in [4.69, 9.17) is 4.74 Å². The Morgan fingerprint density at radius 3 is 3.00 bits per heavy atom. The molecule has 1 aliphatic heterocycles. The summed E-state index contributed by atoms with van der Waals surface area (Å²) in [5, 5.41) is 5.66. The Bertz CT molecular complexity index is 226. The molecule has 15 heavy (non-hydrogen) atoms. The van der Waals surface area contributed by atoms with E-state index in [0.717, 1.165) is 6.54 Å². The first kappa shape index (κ1) is 11.9. The molecule has 1 saturated heterocycles. The van der Waals surface area contributed by atoms with E-state index in [0.29, 0.717) is 13.2 Å². The number of hydrogen-bond acceptors (Lipinski definition) is 5. The number of hydrogen-bond donors (Lipinski definition) is 2. The molecule has 2 N–H and O–H groups in total. The topological polar surface area (TPSA) is 76.7 Å². The number of nitrogens with one attached hydrogen (secondary N) is 2. The molecule has 1 amide bonds. The van der Waals surface area contributed by atoms with Crippen molar-refractivity contribution < 1.29 is 19.1 Å². The summed E-state index contributed by atoms with van der Waals surface area (Å²) < 4.78 is 9.68. The van der Waals surface area contributed by atoms with Crippen molar-refractivity contribution in [3.05, 3.63) is 0 Å². The van der Waals surface area contributed by atoms with Crippen LogP contribution in [0.3, 0.4) is 0 Å². The quantitative estimate of drug-likeness (QED) is 0.568. The van der Waals surface area contributed by atoms with Gasteiger partial charge in [0.15, 0.2) is 0 Å². The third-order valence-corrected chi connectivity index (χ3v) is 2.08. The third kappa shape index (κ3) is 4.26. The van der Waals surface area contributed by atoms with Crippen LogP contribution in [0, 0.1) is 0 Å². The van der Waals surface area contributed by atoms with Crippen LogP contribution >= 0.6 is 0 Å². The zero-order valence-corrected chi connectivity index (χ0v) is 8.75. The van der Waals surface area contributed by atoms with Crippen LogP contribution in [-0.4, -0.2) is 51.3 Å². The summed E-state index contributed by atoms with van der Waals surface area (Å²) in [6.45, 7) is 2.11. The molecular formula is C9H16N2O4. The summed E-state index contributed by atoms with van der Waals surface area (Å²) in [5.74, 6) is -0.524. The largest absolute Gasteiger partial charge is 0.469 e. The summed E-state index contributed by atoms with van der Waals surface area (Å²) in [7, 11) is 1.32. The lowest BCUT2D eigenvalue weighted by molar-refractivity contribution is -0.140. The highest BCUT2D eigenvalue weighted by Gasteiger charge is 2.21. The number of ether oxygens (including phenoxy) is 2. The van der Waals surface area contributed by atoms with Crippen molar-refractivity contribution in [3.63, 3.8) is 0 Å². The second kappa shape index (κ2) is 6.36. The summed E-state index contributed by atoms with van der Waals surface area (Å²) in [4.78, 5) is 22.2. The van der Waals surface area contributed by atoms with Gasteiger partial charge < -0.3 is 20.1 Å². The van der Waals surface area contributed by atoms with Gasteiger partial charge in [0.25, 0.3) is 0 Å². The monoisotopic (exact) mass is 216 g/mol. The van der Waals surface area contributed by atoms with E-state index in [2.05, 4.69) is 15.4 Å².